The lowest BCUT2D eigenvalue weighted by atomic mass is 10.2. The van der Waals surface area contributed by atoms with Crippen LogP contribution in [0.25, 0.3) is 0 Å². The number of nitrogens with one attached hydrogen (secondary N) is 2. The van der Waals surface area contributed by atoms with Crippen LogP contribution in [-0.4, -0.2) is 48.8 Å². The zero-order valence-electron chi connectivity index (χ0n) is 15.5. The van der Waals surface area contributed by atoms with Gasteiger partial charge in [-0.2, -0.15) is 11.8 Å². The van der Waals surface area contributed by atoms with Gasteiger partial charge in [0.25, 0.3) is 0 Å². The third-order valence-electron chi connectivity index (χ3n) is 3.81. The molecule has 1 heterocycles. The average Bonchev–Trinajstić information content (AvgIpc) is 3.04. The molecule has 27 heavy (non-hydrogen) atoms. The zero-order valence-corrected chi connectivity index (χ0v) is 17.2. The molecule has 0 amide bonds. The number of aryl methyl sites for hydroxylation is 2. The molecule has 0 aliphatic carbocycles. The predicted molar refractivity (Wildman–Crippen MR) is 112 cm³/mol. The Morgan fingerprint density at radius 3 is 2.70 bits per heavy atom. The van der Waals surface area contributed by atoms with Crippen molar-refractivity contribution < 1.29 is 8.42 Å². The molecule has 0 aliphatic heterocycles. The molecule has 6 nitrogen and oxygen atoms in total. The molecule has 1 aromatic heterocycles. The predicted octanol–water partition coefficient (Wildman–Crippen LogP) is 2.35. The molecule has 0 saturated heterocycles. The van der Waals surface area contributed by atoms with Gasteiger partial charge in [0.15, 0.2) is 9.84 Å². The van der Waals surface area contributed by atoms with Gasteiger partial charge in [0.2, 0.25) is 0 Å². The molecular formula is C19H24N4O2S2. The fourth-order valence-corrected chi connectivity index (χ4v) is 4.38. The van der Waals surface area contributed by atoms with Gasteiger partial charge in [-0.05, 0) is 26.0 Å². The number of thioether (sulfide) groups is 1. The van der Waals surface area contributed by atoms with Crippen LogP contribution in [0.15, 0.2) is 40.5 Å². The Labute approximate surface area is 165 Å². The summed E-state index contributed by atoms with van der Waals surface area (Å²) in [6.07, 6.45) is 6.96. The molecule has 1 aromatic carbocycles. The minimum absolute atomic E-state index is 0.194. The minimum atomic E-state index is -3.47. The van der Waals surface area contributed by atoms with E-state index in [-0.39, 0.29) is 17.2 Å². The average molecular weight is 405 g/mol. The van der Waals surface area contributed by atoms with Crippen LogP contribution in [0.4, 0.5) is 0 Å². The van der Waals surface area contributed by atoms with Crippen LogP contribution in [0.5, 0.6) is 0 Å². The number of nitrogens with zero attached hydrogens (tertiary/aromatic N) is 2. The lowest BCUT2D eigenvalue weighted by Gasteiger charge is -2.09. The van der Waals surface area contributed by atoms with Crippen molar-refractivity contribution >= 4 is 27.4 Å². The topological polar surface area (TPSA) is 87.2 Å². The molecule has 0 bridgehead atoms. The van der Waals surface area contributed by atoms with E-state index in [1.54, 1.807) is 42.4 Å². The standard InChI is InChI=1S/C19H24N4O2S2/c1-4-9-20-19(13-27(24,25)17-7-5-15(2)6-8-17)21-10-11-26-12-18-16(3)22-14-23-18/h1,5-8,14H,9-13H2,2-3H3,(H,20,21)(H,22,23). The van der Waals surface area contributed by atoms with E-state index in [0.29, 0.717) is 12.4 Å². The monoisotopic (exact) mass is 404 g/mol. The van der Waals surface area contributed by atoms with Gasteiger partial charge in [-0.1, -0.05) is 23.6 Å². The summed E-state index contributed by atoms with van der Waals surface area (Å²) in [4.78, 5) is 12.0. The van der Waals surface area contributed by atoms with Gasteiger partial charge in [0.05, 0.1) is 30.0 Å². The Morgan fingerprint density at radius 1 is 1.33 bits per heavy atom. The summed E-state index contributed by atoms with van der Waals surface area (Å²) >= 11 is 1.70. The third-order valence-corrected chi connectivity index (χ3v) is 6.41. The van der Waals surface area contributed by atoms with Gasteiger partial charge in [-0.3, -0.25) is 4.99 Å². The highest BCUT2D eigenvalue weighted by atomic mass is 32.2. The molecule has 0 unspecified atom stereocenters. The summed E-state index contributed by atoms with van der Waals surface area (Å²) < 4.78 is 25.2. The molecule has 144 valence electrons. The summed E-state index contributed by atoms with van der Waals surface area (Å²) in [6.45, 7) is 4.64. The first-order chi connectivity index (χ1) is 12.9. The van der Waals surface area contributed by atoms with E-state index in [1.807, 2.05) is 13.8 Å². The molecule has 2 N–H and O–H groups in total. The van der Waals surface area contributed by atoms with Crippen molar-refractivity contribution in [1.82, 2.24) is 15.3 Å². The maximum absolute atomic E-state index is 12.6. The number of benzene rings is 1. The Balaban J connectivity index is 1.94. The summed E-state index contributed by atoms with van der Waals surface area (Å²) in [5.41, 5.74) is 3.10. The molecule has 0 radical (unpaired) electrons. The van der Waals surface area contributed by atoms with Gasteiger partial charge in [0, 0.05) is 17.2 Å². The lowest BCUT2D eigenvalue weighted by Crippen LogP contribution is -2.31. The number of rotatable bonds is 9. The molecule has 2 aromatic rings. The number of H-pyrrole nitrogens is 1. The van der Waals surface area contributed by atoms with Gasteiger partial charge in [0.1, 0.15) is 11.6 Å². The Bertz CT molecular complexity index is 910. The van der Waals surface area contributed by atoms with E-state index >= 15 is 0 Å². The van der Waals surface area contributed by atoms with Crippen molar-refractivity contribution in [2.75, 3.05) is 24.6 Å². The van der Waals surface area contributed by atoms with Crippen molar-refractivity contribution in [3.05, 3.63) is 47.5 Å². The quantitative estimate of drug-likeness (QED) is 0.290. The SMILES string of the molecule is C#CCNC(CS(=O)(=O)c1ccc(C)cc1)=NCCSCc1nc[nH]c1C. The first kappa shape index (κ1) is 21.1. The minimum Gasteiger partial charge on any atom is -0.362 e. The van der Waals surface area contributed by atoms with Crippen molar-refractivity contribution in [2.24, 2.45) is 4.99 Å². The zero-order chi connectivity index (χ0) is 19.7. The molecule has 8 heteroatoms. The van der Waals surface area contributed by atoms with E-state index < -0.39 is 9.84 Å². The number of terminal acetylenes is 1. The van der Waals surface area contributed by atoms with Crippen LogP contribution < -0.4 is 5.32 Å². The van der Waals surface area contributed by atoms with E-state index in [1.165, 1.54) is 0 Å². The number of aliphatic imine (C=N–C) groups is 1. The second-order valence-electron chi connectivity index (χ2n) is 5.99. The van der Waals surface area contributed by atoms with Crippen molar-refractivity contribution in [2.45, 2.75) is 24.5 Å². The molecule has 2 rings (SSSR count). The molecular weight excluding hydrogens is 380 g/mol. The van der Waals surface area contributed by atoms with E-state index in [2.05, 4.69) is 26.2 Å². The second kappa shape index (κ2) is 10.2. The molecule has 0 spiro atoms. The second-order valence-corrected chi connectivity index (χ2v) is 9.08. The number of imidazole rings is 1. The molecule has 0 fully saturated rings. The van der Waals surface area contributed by atoms with Crippen molar-refractivity contribution in [1.29, 1.82) is 0 Å². The number of hydrogen-bond donors (Lipinski definition) is 2. The van der Waals surface area contributed by atoms with Gasteiger partial charge in [-0.15, -0.1) is 6.42 Å². The fourth-order valence-electron chi connectivity index (χ4n) is 2.26. The fraction of sp³-hybridized carbons (Fsp3) is 0.368. The smallest absolute Gasteiger partial charge is 0.185 e. The van der Waals surface area contributed by atoms with E-state index in [0.717, 1.165) is 28.5 Å². The normalized spacial score (nSPS) is 12.0. The number of aromatic amines is 1. The van der Waals surface area contributed by atoms with Crippen LogP contribution in [0, 0.1) is 26.2 Å². The Kier molecular flexibility index (Phi) is 7.95. The summed E-state index contributed by atoms with van der Waals surface area (Å²) in [7, 11) is -3.47. The number of amidine groups is 1. The van der Waals surface area contributed by atoms with Gasteiger partial charge < -0.3 is 10.3 Å². The highest BCUT2D eigenvalue weighted by Crippen LogP contribution is 2.13. The summed E-state index contributed by atoms with van der Waals surface area (Å²) in [5.74, 6) is 4.21. The Hall–Kier alpha value is -2.24. The summed E-state index contributed by atoms with van der Waals surface area (Å²) in [5, 5.41) is 2.93. The highest BCUT2D eigenvalue weighted by Gasteiger charge is 2.17. The molecule has 0 saturated carbocycles. The maximum atomic E-state index is 12.6. The summed E-state index contributed by atoms with van der Waals surface area (Å²) in [6, 6.07) is 6.80. The van der Waals surface area contributed by atoms with E-state index in [4.69, 9.17) is 6.42 Å². The van der Waals surface area contributed by atoms with Crippen LogP contribution in [-0.2, 0) is 15.6 Å². The number of aromatic nitrogens is 2. The van der Waals surface area contributed by atoms with E-state index in [9.17, 15) is 8.42 Å². The van der Waals surface area contributed by atoms with Crippen LogP contribution in [0.2, 0.25) is 0 Å². The van der Waals surface area contributed by atoms with Gasteiger partial charge >= 0.3 is 0 Å². The number of sulfone groups is 1. The first-order valence-electron chi connectivity index (χ1n) is 8.49. The third kappa shape index (κ3) is 6.77. The van der Waals surface area contributed by atoms with Crippen LogP contribution >= 0.6 is 11.8 Å². The van der Waals surface area contributed by atoms with Crippen LogP contribution in [0.3, 0.4) is 0 Å². The first-order valence-corrected chi connectivity index (χ1v) is 11.3. The maximum Gasteiger partial charge on any atom is 0.185 e. The van der Waals surface area contributed by atoms with Gasteiger partial charge in [-0.25, -0.2) is 13.4 Å². The lowest BCUT2D eigenvalue weighted by molar-refractivity contribution is 0.599. The largest absolute Gasteiger partial charge is 0.362 e. The molecule has 0 aliphatic rings. The highest BCUT2D eigenvalue weighted by molar-refractivity contribution is 7.98. The molecule has 0 atom stereocenters. The van der Waals surface area contributed by atoms with Crippen molar-refractivity contribution in [3.63, 3.8) is 0 Å². The number of hydrogen-bond acceptors (Lipinski definition) is 5. The van der Waals surface area contributed by atoms with Crippen LogP contribution in [0.1, 0.15) is 17.0 Å². The Morgan fingerprint density at radius 2 is 2.07 bits per heavy atom. The van der Waals surface area contributed by atoms with Crippen molar-refractivity contribution in [3.8, 4) is 12.3 Å².